The van der Waals surface area contributed by atoms with Gasteiger partial charge in [-0.1, -0.05) is 6.58 Å². The molecule has 2 aromatic carbocycles. The lowest BCUT2D eigenvalue weighted by molar-refractivity contribution is -0.139. The Morgan fingerprint density at radius 2 is 1.76 bits per heavy atom. The molecular weight excluding hydrogens is 409 g/mol. The molecule has 1 N–H and O–H groups in total. The van der Waals surface area contributed by atoms with Gasteiger partial charge in [-0.25, -0.2) is 4.79 Å². The summed E-state index contributed by atoms with van der Waals surface area (Å²) in [6.07, 6.45) is -4.41. The Balaban J connectivity index is 1.89. The van der Waals surface area contributed by atoms with Crippen LogP contribution in [0.3, 0.4) is 0 Å². The van der Waals surface area contributed by atoms with Crippen LogP contribution in [0.5, 0.6) is 11.5 Å². The summed E-state index contributed by atoms with van der Waals surface area (Å²) < 4.78 is 60.6. The Morgan fingerprint density at radius 1 is 1.10 bits per heavy atom. The van der Waals surface area contributed by atoms with Crippen LogP contribution in [0, 0.1) is 6.92 Å². The molecule has 0 saturated carbocycles. The van der Waals surface area contributed by atoms with Gasteiger partial charge in [-0.3, -0.25) is 4.21 Å². The Labute approximate surface area is 168 Å². The second-order valence-electron chi connectivity index (χ2n) is 6.16. The van der Waals surface area contributed by atoms with Gasteiger partial charge in [-0.05, 0) is 60.5 Å². The summed E-state index contributed by atoms with van der Waals surface area (Å²) in [7, 11) is -1.42. The van der Waals surface area contributed by atoms with E-state index in [1.165, 1.54) is 12.1 Å². The highest BCUT2D eigenvalue weighted by Gasteiger charge is 2.30. The molecule has 0 heterocycles. The molecular formula is C20H19F3O5S. The maximum atomic E-state index is 12.5. The van der Waals surface area contributed by atoms with Gasteiger partial charge in [-0.15, -0.1) is 0 Å². The third kappa shape index (κ3) is 6.94. The van der Waals surface area contributed by atoms with Crippen molar-refractivity contribution in [2.45, 2.75) is 18.0 Å². The van der Waals surface area contributed by atoms with Crippen molar-refractivity contribution in [3.63, 3.8) is 0 Å². The van der Waals surface area contributed by atoms with Crippen molar-refractivity contribution in [2.24, 2.45) is 0 Å². The predicted octanol–water partition coefficient (Wildman–Crippen LogP) is 4.22. The number of aliphatic carboxylic acids is 1. The minimum absolute atomic E-state index is 0.00981. The van der Waals surface area contributed by atoms with Crippen molar-refractivity contribution >= 4 is 16.8 Å². The summed E-state index contributed by atoms with van der Waals surface area (Å²) in [6.45, 7) is 5.04. The fourth-order valence-electron chi connectivity index (χ4n) is 2.30. The fraction of sp³-hybridized carbons (Fsp3) is 0.250. The normalized spacial score (nSPS) is 12.3. The van der Waals surface area contributed by atoms with Crippen molar-refractivity contribution in [2.75, 3.05) is 19.0 Å². The molecule has 0 radical (unpaired) electrons. The van der Waals surface area contributed by atoms with E-state index in [2.05, 4.69) is 6.58 Å². The molecule has 5 nitrogen and oxygen atoms in total. The number of hydrogen-bond donors (Lipinski definition) is 1. The van der Waals surface area contributed by atoms with Crippen LogP contribution in [0.2, 0.25) is 0 Å². The molecule has 9 heteroatoms. The van der Waals surface area contributed by atoms with Crippen LogP contribution in [0.4, 0.5) is 13.2 Å². The number of carbonyl (C=O) groups is 1. The molecule has 29 heavy (non-hydrogen) atoms. The standard InChI is InChI=1S/C20H19F3O5S/c1-13(10-27-16-5-3-15(4-6-16)20(21,22)23)12-29(26)17-7-8-18(14(2)9-17)28-11-19(24)25/h3-9H,1,10-12H2,2H3,(H,24,25). The first kappa shape index (κ1) is 22.5. The molecule has 0 amide bonds. The largest absolute Gasteiger partial charge is 0.489 e. The molecule has 0 spiro atoms. The first-order valence-electron chi connectivity index (χ1n) is 8.36. The molecule has 0 bridgehead atoms. The molecule has 2 rings (SSSR count). The quantitative estimate of drug-likeness (QED) is 0.606. The summed E-state index contributed by atoms with van der Waals surface area (Å²) in [5, 5.41) is 8.64. The minimum Gasteiger partial charge on any atom is -0.489 e. The first-order valence-corrected chi connectivity index (χ1v) is 9.68. The summed E-state index contributed by atoms with van der Waals surface area (Å²) in [5.41, 5.74) is 0.381. The lowest BCUT2D eigenvalue weighted by Crippen LogP contribution is -2.11. The van der Waals surface area contributed by atoms with E-state index >= 15 is 0 Å². The third-order valence-electron chi connectivity index (χ3n) is 3.72. The minimum atomic E-state index is -4.41. The Bertz CT molecular complexity index is 907. The van der Waals surface area contributed by atoms with E-state index < -0.39 is 35.1 Å². The maximum absolute atomic E-state index is 12.5. The van der Waals surface area contributed by atoms with E-state index in [-0.39, 0.29) is 18.1 Å². The van der Waals surface area contributed by atoms with Gasteiger partial charge in [0, 0.05) is 4.90 Å². The van der Waals surface area contributed by atoms with Crippen LogP contribution in [-0.2, 0) is 21.8 Å². The van der Waals surface area contributed by atoms with Crippen LogP contribution in [0.15, 0.2) is 59.5 Å². The van der Waals surface area contributed by atoms with E-state index in [4.69, 9.17) is 14.6 Å². The van der Waals surface area contributed by atoms with Crippen molar-refractivity contribution in [1.82, 2.24) is 0 Å². The van der Waals surface area contributed by atoms with Gasteiger partial charge < -0.3 is 14.6 Å². The number of benzene rings is 2. The van der Waals surface area contributed by atoms with E-state index in [0.29, 0.717) is 21.8 Å². The second-order valence-corrected chi connectivity index (χ2v) is 7.61. The zero-order valence-electron chi connectivity index (χ0n) is 15.5. The number of halogens is 3. The molecule has 0 fully saturated rings. The lowest BCUT2D eigenvalue weighted by atomic mass is 10.2. The SMILES string of the molecule is C=C(COc1ccc(C(F)(F)F)cc1)CS(=O)c1ccc(OCC(=O)O)c(C)c1. The number of hydrogen-bond acceptors (Lipinski definition) is 4. The Morgan fingerprint density at radius 3 is 2.31 bits per heavy atom. The van der Waals surface area contributed by atoms with Gasteiger partial charge in [0.2, 0.25) is 0 Å². The summed E-state index contributed by atoms with van der Waals surface area (Å²) in [5.74, 6) is -0.352. The summed E-state index contributed by atoms with van der Waals surface area (Å²) in [4.78, 5) is 11.1. The zero-order valence-corrected chi connectivity index (χ0v) is 16.3. The van der Waals surface area contributed by atoms with Gasteiger partial charge in [0.1, 0.15) is 18.1 Å². The fourth-order valence-corrected chi connectivity index (χ4v) is 3.45. The van der Waals surface area contributed by atoms with Crippen LogP contribution in [-0.4, -0.2) is 34.3 Å². The maximum Gasteiger partial charge on any atom is 0.416 e. The highest BCUT2D eigenvalue weighted by atomic mass is 32.2. The summed E-state index contributed by atoms with van der Waals surface area (Å²) in [6, 6.07) is 9.03. The van der Waals surface area contributed by atoms with Crippen LogP contribution >= 0.6 is 0 Å². The third-order valence-corrected chi connectivity index (χ3v) is 5.17. The number of alkyl halides is 3. The number of carboxylic acids is 1. The van der Waals surface area contributed by atoms with Gasteiger partial charge in [0.25, 0.3) is 0 Å². The molecule has 0 aromatic heterocycles. The van der Waals surface area contributed by atoms with Crippen molar-refractivity contribution in [1.29, 1.82) is 0 Å². The number of ether oxygens (including phenoxy) is 2. The first-order chi connectivity index (χ1) is 13.6. The smallest absolute Gasteiger partial charge is 0.416 e. The molecule has 0 saturated heterocycles. The molecule has 0 aliphatic rings. The van der Waals surface area contributed by atoms with E-state index in [1.807, 2.05) is 0 Å². The second kappa shape index (κ2) is 9.60. The number of rotatable bonds is 9. The van der Waals surface area contributed by atoms with E-state index in [1.54, 1.807) is 25.1 Å². The Kier molecular flexibility index (Phi) is 7.44. The van der Waals surface area contributed by atoms with Crippen LogP contribution < -0.4 is 9.47 Å². The van der Waals surface area contributed by atoms with Crippen molar-refractivity contribution < 1.29 is 36.8 Å². The van der Waals surface area contributed by atoms with Gasteiger partial charge in [0.15, 0.2) is 6.61 Å². The predicted molar refractivity (Wildman–Crippen MR) is 102 cm³/mol. The lowest BCUT2D eigenvalue weighted by Gasteiger charge is -2.12. The average molecular weight is 428 g/mol. The summed E-state index contributed by atoms with van der Waals surface area (Å²) >= 11 is 0. The molecule has 1 atom stereocenters. The Hall–Kier alpha value is -2.81. The average Bonchev–Trinajstić information content (AvgIpc) is 2.64. The van der Waals surface area contributed by atoms with Crippen LogP contribution in [0.1, 0.15) is 11.1 Å². The molecule has 0 aliphatic heterocycles. The highest BCUT2D eigenvalue weighted by molar-refractivity contribution is 7.85. The van der Waals surface area contributed by atoms with Crippen molar-refractivity contribution in [3.8, 4) is 11.5 Å². The van der Waals surface area contributed by atoms with Crippen molar-refractivity contribution in [3.05, 3.63) is 65.7 Å². The monoisotopic (exact) mass is 428 g/mol. The van der Waals surface area contributed by atoms with E-state index in [9.17, 15) is 22.2 Å². The highest BCUT2D eigenvalue weighted by Crippen LogP contribution is 2.30. The van der Waals surface area contributed by atoms with Gasteiger partial charge in [0.05, 0.1) is 22.1 Å². The number of aryl methyl sites for hydroxylation is 1. The van der Waals surface area contributed by atoms with Gasteiger partial charge >= 0.3 is 12.1 Å². The zero-order chi connectivity index (χ0) is 21.6. The topological polar surface area (TPSA) is 72.8 Å². The molecule has 156 valence electrons. The molecule has 1 unspecified atom stereocenters. The molecule has 0 aliphatic carbocycles. The molecule has 2 aromatic rings. The van der Waals surface area contributed by atoms with E-state index in [0.717, 1.165) is 12.1 Å². The number of carboxylic acid groups (broad SMARTS) is 1. The van der Waals surface area contributed by atoms with Gasteiger partial charge in [-0.2, -0.15) is 13.2 Å². The van der Waals surface area contributed by atoms with Crippen LogP contribution in [0.25, 0.3) is 0 Å².